The summed E-state index contributed by atoms with van der Waals surface area (Å²) in [6, 6.07) is 4.30. The predicted octanol–water partition coefficient (Wildman–Crippen LogP) is 7.71. The number of ether oxygens (including phenoxy) is 2. The van der Waals surface area contributed by atoms with Crippen LogP contribution >= 0.6 is 31.9 Å². The van der Waals surface area contributed by atoms with Crippen LogP contribution in [0.1, 0.15) is 0 Å². The molecule has 0 fully saturated rings. The molecular weight excluding hydrogens is 498 g/mol. The van der Waals surface area contributed by atoms with Gasteiger partial charge in [0.25, 0.3) is 0 Å². The minimum Gasteiger partial charge on any atom is -0.427 e. The van der Waals surface area contributed by atoms with Crippen LogP contribution in [0.4, 0.5) is 26.3 Å². The van der Waals surface area contributed by atoms with E-state index < -0.39 is 24.2 Å². The van der Waals surface area contributed by atoms with Crippen molar-refractivity contribution in [2.45, 2.75) is 0 Å². The average Bonchev–Trinajstić information content (AvgIpc) is 2.58. The molecule has 0 aliphatic carbocycles. The minimum atomic E-state index is -2.59. The third-order valence-corrected chi connectivity index (χ3v) is 4.13. The van der Waals surface area contributed by atoms with Gasteiger partial charge in [0.05, 0.1) is 8.95 Å². The molecule has 0 amide bonds. The van der Waals surface area contributed by atoms with Crippen molar-refractivity contribution in [3.8, 4) is 22.6 Å². The number of rotatable bonds is 5. The highest BCUT2D eigenvalue weighted by Gasteiger charge is 2.14. The number of halogens is 8. The molecule has 0 bridgehead atoms. The lowest BCUT2D eigenvalue weighted by molar-refractivity contribution is 0.240. The molecule has 0 saturated heterocycles. The van der Waals surface area contributed by atoms with Gasteiger partial charge in [0.15, 0.2) is 0 Å². The standard InChI is InChI=1S/C16H6Br2F6O2/c17-9-5-7(1-3-11(9)25-15(23)13(19)20)8-2-4-12(10(18)6-8)26-16(24)14(21)22/h1-6H. The van der Waals surface area contributed by atoms with Crippen molar-refractivity contribution in [2.75, 3.05) is 0 Å². The molecule has 2 aromatic rings. The summed E-state index contributed by atoms with van der Waals surface area (Å²) in [5, 5.41) is 0. The summed E-state index contributed by atoms with van der Waals surface area (Å²) < 4.78 is 83.2. The summed E-state index contributed by atoms with van der Waals surface area (Å²) in [7, 11) is 0. The molecule has 0 aromatic heterocycles. The summed E-state index contributed by atoms with van der Waals surface area (Å²) in [5.74, 6) is -0.354. The van der Waals surface area contributed by atoms with Crippen molar-refractivity contribution in [3.63, 3.8) is 0 Å². The van der Waals surface area contributed by atoms with E-state index in [0.29, 0.717) is 11.1 Å². The monoisotopic (exact) mass is 502 g/mol. The second-order valence-corrected chi connectivity index (χ2v) is 6.27. The van der Waals surface area contributed by atoms with Gasteiger partial charge in [-0.25, -0.2) is 0 Å². The Morgan fingerprint density at radius 1 is 0.615 bits per heavy atom. The van der Waals surface area contributed by atoms with Crippen LogP contribution in [0.5, 0.6) is 11.5 Å². The number of benzene rings is 2. The van der Waals surface area contributed by atoms with Crippen LogP contribution in [0, 0.1) is 0 Å². The van der Waals surface area contributed by atoms with Crippen LogP contribution in [0.25, 0.3) is 11.1 Å². The molecule has 138 valence electrons. The number of hydrogen-bond donors (Lipinski definition) is 0. The maximum Gasteiger partial charge on any atom is 0.344 e. The Morgan fingerprint density at radius 3 is 1.23 bits per heavy atom. The van der Waals surface area contributed by atoms with E-state index >= 15 is 0 Å². The van der Waals surface area contributed by atoms with E-state index in [-0.39, 0.29) is 20.4 Å². The Labute approximate surface area is 160 Å². The second kappa shape index (κ2) is 8.63. The normalized spacial score (nSPS) is 10.3. The zero-order chi connectivity index (χ0) is 19.4. The van der Waals surface area contributed by atoms with Crippen molar-refractivity contribution < 1.29 is 35.8 Å². The minimum absolute atomic E-state index is 0.177. The fourth-order valence-corrected chi connectivity index (χ4v) is 2.72. The molecule has 26 heavy (non-hydrogen) atoms. The molecular formula is C16H6Br2F6O2. The maximum absolute atomic E-state index is 12.9. The molecule has 0 radical (unpaired) electrons. The molecule has 2 aromatic carbocycles. The first-order valence-corrected chi connectivity index (χ1v) is 8.14. The largest absolute Gasteiger partial charge is 0.427 e. The van der Waals surface area contributed by atoms with E-state index in [0.717, 1.165) is 0 Å². The quantitative estimate of drug-likeness (QED) is 0.307. The Kier molecular flexibility index (Phi) is 6.76. The molecule has 0 N–H and O–H groups in total. The van der Waals surface area contributed by atoms with Gasteiger partial charge in [0, 0.05) is 0 Å². The molecule has 0 unspecified atom stereocenters. The van der Waals surface area contributed by atoms with Gasteiger partial charge in [-0.05, 0) is 67.3 Å². The smallest absolute Gasteiger partial charge is 0.344 e. The van der Waals surface area contributed by atoms with Crippen molar-refractivity contribution in [1.82, 2.24) is 0 Å². The molecule has 0 aliphatic heterocycles. The Bertz CT molecular complexity index is 817. The van der Waals surface area contributed by atoms with E-state index in [2.05, 4.69) is 41.3 Å². The fourth-order valence-electron chi connectivity index (χ4n) is 1.80. The van der Waals surface area contributed by atoms with E-state index in [4.69, 9.17) is 0 Å². The second-order valence-electron chi connectivity index (χ2n) is 4.56. The lowest BCUT2D eigenvalue weighted by Crippen LogP contribution is -1.93. The number of hydrogen-bond acceptors (Lipinski definition) is 2. The molecule has 2 rings (SSSR count). The lowest BCUT2D eigenvalue weighted by atomic mass is 10.1. The fraction of sp³-hybridized carbons (Fsp3) is 0. The molecule has 0 heterocycles. The first kappa shape index (κ1) is 20.4. The highest BCUT2D eigenvalue weighted by atomic mass is 79.9. The first-order chi connectivity index (χ1) is 12.2. The molecule has 0 spiro atoms. The van der Waals surface area contributed by atoms with Gasteiger partial charge in [-0.2, -0.15) is 26.3 Å². The van der Waals surface area contributed by atoms with Crippen molar-refractivity contribution in [1.29, 1.82) is 0 Å². The summed E-state index contributed by atoms with van der Waals surface area (Å²) in [6.45, 7) is 0. The zero-order valence-electron chi connectivity index (χ0n) is 12.3. The van der Waals surface area contributed by atoms with Gasteiger partial charge in [0.1, 0.15) is 11.5 Å². The van der Waals surface area contributed by atoms with Crippen LogP contribution < -0.4 is 9.47 Å². The van der Waals surface area contributed by atoms with Gasteiger partial charge in [-0.15, -0.1) is 0 Å². The zero-order valence-corrected chi connectivity index (χ0v) is 15.5. The van der Waals surface area contributed by atoms with E-state index in [1.807, 2.05) is 0 Å². The summed E-state index contributed by atoms with van der Waals surface area (Å²) in [4.78, 5) is 0. The first-order valence-electron chi connectivity index (χ1n) is 6.55. The maximum atomic E-state index is 12.9. The van der Waals surface area contributed by atoms with E-state index in [1.54, 1.807) is 0 Å². The van der Waals surface area contributed by atoms with E-state index in [9.17, 15) is 26.3 Å². The van der Waals surface area contributed by atoms with Crippen molar-refractivity contribution in [2.24, 2.45) is 0 Å². The predicted molar refractivity (Wildman–Crippen MR) is 89.2 cm³/mol. The van der Waals surface area contributed by atoms with Gasteiger partial charge in [-0.3, -0.25) is 0 Å². The molecule has 10 heteroatoms. The highest BCUT2D eigenvalue weighted by Crippen LogP contribution is 2.36. The highest BCUT2D eigenvalue weighted by molar-refractivity contribution is 9.11. The lowest BCUT2D eigenvalue weighted by Gasteiger charge is -2.10. The molecule has 2 nitrogen and oxygen atoms in total. The van der Waals surface area contributed by atoms with Crippen LogP contribution in [0.15, 0.2) is 69.5 Å². The average molecular weight is 504 g/mol. The Hall–Kier alpha value is -1.94. The third kappa shape index (κ3) is 5.04. The van der Waals surface area contributed by atoms with Gasteiger partial charge >= 0.3 is 24.2 Å². The Morgan fingerprint density at radius 2 is 0.962 bits per heavy atom. The Balaban J connectivity index is 2.29. The van der Waals surface area contributed by atoms with Crippen LogP contribution in [-0.4, -0.2) is 0 Å². The summed E-state index contributed by atoms with van der Waals surface area (Å²) in [5.41, 5.74) is 1.10. The van der Waals surface area contributed by atoms with Gasteiger partial charge in [0.2, 0.25) is 0 Å². The van der Waals surface area contributed by atoms with Crippen molar-refractivity contribution >= 4 is 31.9 Å². The van der Waals surface area contributed by atoms with Crippen LogP contribution in [-0.2, 0) is 0 Å². The van der Waals surface area contributed by atoms with Gasteiger partial charge < -0.3 is 9.47 Å². The molecule has 0 atom stereocenters. The molecule has 0 saturated carbocycles. The van der Waals surface area contributed by atoms with Crippen molar-refractivity contribution in [3.05, 3.63) is 69.5 Å². The van der Waals surface area contributed by atoms with Gasteiger partial charge in [-0.1, -0.05) is 12.1 Å². The topological polar surface area (TPSA) is 18.5 Å². The SMILES string of the molecule is FC(F)=C(F)Oc1ccc(-c2ccc(OC(F)=C(F)F)c(Br)c2)cc1Br. The van der Waals surface area contributed by atoms with E-state index in [1.165, 1.54) is 36.4 Å². The van der Waals surface area contributed by atoms with Crippen LogP contribution in [0.2, 0.25) is 0 Å². The summed E-state index contributed by atoms with van der Waals surface area (Å²) in [6.07, 6.45) is -5.18. The summed E-state index contributed by atoms with van der Waals surface area (Å²) >= 11 is 6.14. The molecule has 0 aliphatic rings. The third-order valence-electron chi connectivity index (χ3n) is 2.89. The van der Waals surface area contributed by atoms with Crippen LogP contribution in [0.3, 0.4) is 0 Å².